The third kappa shape index (κ3) is 17.7. The zero-order chi connectivity index (χ0) is 58.4. The maximum atomic E-state index is 15.4. The quantitative estimate of drug-likeness (QED) is 0.0393. The van der Waals surface area contributed by atoms with Crippen LogP contribution in [0.3, 0.4) is 0 Å². The monoisotopic (exact) mass is 1150 g/mol. The Hall–Kier alpha value is -7.55. The van der Waals surface area contributed by atoms with Gasteiger partial charge in [0.2, 0.25) is 35.4 Å². The van der Waals surface area contributed by atoms with E-state index in [1.165, 1.54) is 34.2 Å². The van der Waals surface area contributed by atoms with Crippen LogP contribution >= 0.6 is 11.3 Å². The van der Waals surface area contributed by atoms with E-state index in [0.717, 1.165) is 33.8 Å². The predicted octanol–water partition coefficient (Wildman–Crippen LogP) is 4.67. The molecule has 5 aromatic rings. The molecule has 6 amide bonds. The number of aromatic nitrogens is 4. The molecule has 2 saturated heterocycles. The number of alkyl halides is 4. The Bertz CT molecular complexity index is 2970. The minimum Gasteiger partial charge on any atom is -0.471 e. The number of halogens is 4. The van der Waals surface area contributed by atoms with Crippen molar-refractivity contribution in [2.75, 3.05) is 52.6 Å². The van der Waals surface area contributed by atoms with Crippen LogP contribution in [0.15, 0.2) is 78.8 Å². The Morgan fingerprint density at radius 1 is 0.889 bits per heavy atom. The fourth-order valence-electron chi connectivity index (χ4n) is 9.10. The van der Waals surface area contributed by atoms with Gasteiger partial charge in [0.05, 0.1) is 60.4 Å². The van der Waals surface area contributed by atoms with E-state index in [9.17, 15) is 47.0 Å². The number of nitrogens with zero attached hydrogens (tertiary/aromatic N) is 6. The number of likely N-dealkylation sites (tertiary alicyclic amines) is 2. The predicted molar refractivity (Wildman–Crippen MR) is 287 cm³/mol. The van der Waals surface area contributed by atoms with Crippen LogP contribution in [-0.4, -0.2) is 159 Å². The number of hydrogen-bond donors (Lipinski definition) is 5. The van der Waals surface area contributed by atoms with Crippen LogP contribution in [0.1, 0.15) is 73.6 Å². The average molecular weight is 1150 g/mol. The van der Waals surface area contributed by atoms with Crippen LogP contribution in [0.25, 0.3) is 21.7 Å². The standard InChI is InChI=1S/C55H66F4N10O11S/c1-33-48(81-32-65-33)36-11-7-35(8-12-36)24-62-51(75)43-23-38(70)26-69(43)53(76)49(54(2,3)4)66-46(72)30-78-20-19-77-29-45(71)61-16-5-6-17-67-28-42(64-31-67)37-22-40(50(60)74)52(63-25-37)79-44-15-18-68(27-41(44)56)47(73)21-34-9-13-39(14-10-34)80-55(57,58)59/h7-14,22,25,28,31-32,38,41,43-44,49,70H,5-6,15-21,23-24,26-27,29-30H2,1-4H3,(H2,60,74)(H,61,71)(H,62,75)(H,66,72)/t38-,41-,43+,44-,49-/m1/s1. The second kappa shape index (κ2) is 27.7. The van der Waals surface area contributed by atoms with E-state index in [2.05, 4.69) is 35.6 Å². The first-order chi connectivity index (χ1) is 38.5. The topological polar surface area (TPSA) is 272 Å². The largest absolute Gasteiger partial charge is 0.573 e. The number of aliphatic hydroxyl groups excluding tert-OH is 1. The Kier molecular flexibility index (Phi) is 20.9. The molecule has 3 aromatic heterocycles. The summed E-state index contributed by atoms with van der Waals surface area (Å²) in [4.78, 5) is 94.9. The Balaban J connectivity index is 0.759. The molecule has 2 aliphatic heterocycles. The fraction of sp³-hybridized carbons (Fsp3) is 0.473. The molecule has 5 atom stereocenters. The average Bonchev–Trinajstić information content (AvgIpc) is 4.20. The molecule has 0 saturated carbocycles. The summed E-state index contributed by atoms with van der Waals surface area (Å²) in [7, 11) is 0. The highest BCUT2D eigenvalue weighted by molar-refractivity contribution is 7.13. The number of aliphatic hydroxyl groups is 1. The van der Waals surface area contributed by atoms with E-state index in [0.29, 0.717) is 42.8 Å². The van der Waals surface area contributed by atoms with Crippen molar-refractivity contribution >= 4 is 46.8 Å². The number of rotatable bonds is 25. The van der Waals surface area contributed by atoms with Gasteiger partial charge in [0.25, 0.3) is 5.91 Å². The lowest BCUT2D eigenvalue weighted by atomic mass is 9.85. The Morgan fingerprint density at radius 3 is 2.25 bits per heavy atom. The number of benzene rings is 2. The smallest absolute Gasteiger partial charge is 0.471 e. The van der Waals surface area contributed by atoms with Crippen molar-refractivity contribution in [1.29, 1.82) is 0 Å². The number of piperidine rings is 1. The van der Waals surface area contributed by atoms with Crippen LogP contribution < -0.4 is 31.2 Å². The van der Waals surface area contributed by atoms with Crippen molar-refractivity contribution in [3.63, 3.8) is 0 Å². The second-order valence-corrected chi connectivity index (χ2v) is 21.6. The van der Waals surface area contributed by atoms with Gasteiger partial charge in [0, 0.05) is 63.5 Å². The van der Waals surface area contributed by atoms with Crippen LogP contribution in [0.4, 0.5) is 17.6 Å². The van der Waals surface area contributed by atoms with Crippen molar-refractivity contribution in [3.05, 3.63) is 101 Å². The first-order valence-corrected chi connectivity index (χ1v) is 27.1. The normalized spacial score (nSPS) is 17.8. The van der Waals surface area contributed by atoms with Gasteiger partial charge in [0.1, 0.15) is 42.7 Å². The van der Waals surface area contributed by atoms with Gasteiger partial charge in [0.15, 0.2) is 6.17 Å². The number of aryl methyl sites for hydroxylation is 2. The molecule has 0 radical (unpaired) electrons. The third-order valence-corrected chi connectivity index (χ3v) is 14.3. The number of primary amides is 1. The van der Waals surface area contributed by atoms with Gasteiger partial charge in [-0.05, 0) is 60.1 Å². The fourth-order valence-corrected chi connectivity index (χ4v) is 9.92. The number of β-amino-alcohol motifs (C(OH)–C–C–N with tert-alkyl or cyclic N) is 1. The number of hydrogen-bond acceptors (Lipinski definition) is 15. The first-order valence-electron chi connectivity index (χ1n) is 26.2. The Labute approximate surface area is 468 Å². The molecule has 21 nitrogen and oxygen atoms in total. The number of carbonyl (C=O) groups is 6. The molecular formula is C55H66F4N10O11S. The van der Waals surface area contributed by atoms with E-state index < -0.39 is 84.1 Å². The number of amides is 6. The lowest BCUT2D eigenvalue weighted by molar-refractivity contribution is -0.274. The van der Waals surface area contributed by atoms with Crippen molar-refractivity contribution in [2.45, 2.75) is 110 Å². The van der Waals surface area contributed by atoms with E-state index in [4.69, 9.17) is 19.9 Å². The molecule has 0 spiro atoms. The lowest BCUT2D eigenvalue weighted by Gasteiger charge is -2.35. The number of imidazole rings is 1. The minimum absolute atomic E-state index is 0.0107. The molecule has 5 heterocycles. The van der Waals surface area contributed by atoms with Crippen LogP contribution in [0.2, 0.25) is 0 Å². The summed E-state index contributed by atoms with van der Waals surface area (Å²) < 4.78 is 75.3. The summed E-state index contributed by atoms with van der Waals surface area (Å²) in [6, 6.07) is 12.0. The highest BCUT2D eigenvalue weighted by Gasteiger charge is 2.44. The van der Waals surface area contributed by atoms with Crippen molar-refractivity contribution < 1.29 is 70.4 Å². The summed E-state index contributed by atoms with van der Waals surface area (Å²) in [6.07, 6.45) is -2.51. The molecule has 2 aliphatic rings. The summed E-state index contributed by atoms with van der Waals surface area (Å²) >= 11 is 1.55. The lowest BCUT2D eigenvalue weighted by Crippen LogP contribution is -2.58. The van der Waals surface area contributed by atoms with Crippen molar-refractivity contribution in [1.82, 2.24) is 45.3 Å². The van der Waals surface area contributed by atoms with Gasteiger partial charge < -0.3 is 60.1 Å². The highest BCUT2D eigenvalue weighted by Crippen LogP contribution is 2.31. The van der Waals surface area contributed by atoms with Gasteiger partial charge >= 0.3 is 6.36 Å². The van der Waals surface area contributed by atoms with Crippen LogP contribution in [0.5, 0.6) is 11.6 Å². The summed E-state index contributed by atoms with van der Waals surface area (Å²) in [5.41, 5.74) is 10.7. The zero-order valence-corrected chi connectivity index (χ0v) is 46.0. The molecule has 436 valence electrons. The maximum absolute atomic E-state index is 15.4. The number of thiazole rings is 1. The highest BCUT2D eigenvalue weighted by atomic mass is 32.1. The number of carbonyl (C=O) groups excluding carboxylic acids is 6. The van der Waals surface area contributed by atoms with Gasteiger partial charge in [-0.2, -0.15) is 0 Å². The van der Waals surface area contributed by atoms with Crippen molar-refractivity contribution in [2.24, 2.45) is 11.1 Å². The molecule has 2 fully saturated rings. The van der Waals surface area contributed by atoms with Gasteiger partial charge in [-0.15, -0.1) is 24.5 Å². The van der Waals surface area contributed by atoms with Gasteiger partial charge in [-0.3, -0.25) is 28.8 Å². The molecule has 0 aliphatic carbocycles. The van der Waals surface area contributed by atoms with E-state index in [-0.39, 0.29) is 82.6 Å². The molecule has 26 heteroatoms. The molecule has 0 bridgehead atoms. The Morgan fingerprint density at radius 2 is 1.59 bits per heavy atom. The summed E-state index contributed by atoms with van der Waals surface area (Å²) in [5.74, 6) is -3.75. The molecule has 6 N–H and O–H groups in total. The molecule has 7 rings (SSSR count). The van der Waals surface area contributed by atoms with Crippen LogP contribution in [0, 0.1) is 12.3 Å². The molecular weight excluding hydrogens is 1080 g/mol. The number of unbranched alkanes of at least 4 members (excludes halogenated alkanes) is 1. The molecule has 0 unspecified atom stereocenters. The molecule has 81 heavy (non-hydrogen) atoms. The van der Waals surface area contributed by atoms with Gasteiger partial charge in [-0.25, -0.2) is 19.3 Å². The van der Waals surface area contributed by atoms with E-state index in [1.807, 2.05) is 35.8 Å². The number of nitrogens with two attached hydrogens (primary N) is 1. The SMILES string of the molecule is Cc1ncsc1-c1ccc(CNC(=O)[C@@H]2C[C@@H](O)CN2C(=O)[C@@H](NC(=O)COCCOCC(=O)NCCCCn2cnc(-c3cnc(O[C@@H]4CCN(C(=O)Cc5ccc(OC(F)(F)F)cc5)C[C@H]4F)c(C(N)=O)c3)c2)C(C)(C)C)cc1. The van der Waals surface area contributed by atoms with Crippen LogP contribution in [-0.2, 0) is 53.0 Å². The zero-order valence-electron chi connectivity index (χ0n) is 45.2. The number of ether oxygens (including phenoxy) is 4. The van der Waals surface area contributed by atoms with E-state index >= 15 is 4.39 Å². The number of pyridine rings is 1. The first kappa shape index (κ1) is 61.1. The molecule has 2 aromatic carbocycles. The van der Waals surface area contributed by atoms with Gasteiger partial charge in [-0.1, -0.05) is 57.2 Å². The minimum atomic E-state index is -4.85. The van der Waals surface area contributed by atoms with E-state index in [1.54, 1.807) is 50.1 Å². The summed E-state index contributed by atoms with van der Waals surface area (Å²) in [5, 5.41) is 19.0. The maximum Gasteiger partial charge on any atom is 0.573 e. The third-order valence-electron chi connectivity index (χ3n) is 13.4. The summed E-state index contributed by atoms with van der Waals surface area (Å²) in [6.45, 7) is 7.50. The number of nitrogens with one attached hydrogen (secondary N) is 3. The second-order valence-electron chi connectivity index (χ2n) is 20.7. The van der Waals surface area contributed by atoms with Crippen molar-refractivity contribution in [3.8, 4) is 33.3 Å².